The number of nitrogens with one attached hydrogen (secondary N) is 1. The quantitative estimate of drug-likeness (QED) is 0.325. The summed E-state index contributed by atoms with van der Waals surface area (Å²) in [6.45, 7) is 4.93. The van der Waals surface area contributed by atoms with Gasteiger partial charge in [-0.1, -0.05) is 55.5 Å². The van der Waals surface area contributed by atoms with Crippen molar-refractivity contribution in [3.05, 3.63) is 82.1 Å². The van der Waals surface area contributed by atoms with E-state index in [2.05, 4.69) is 15.5 Å². The Morgan fingerprint density at radius 3 is 2.61 bits per heavy atom. The van der Waals surface area contributed by atoms with Crippen LogP contribution in [-0.2, 0) is 4.79 Å². The van der Waals surface area contributed by atoms with Crippen LogP contribution in [0.15, 0.2) is 54.6 Å². The van der Waals surface area contributed by atoms with E-state index < -0.39 is 17.2 Å². The summed E-state index contributed by atoms with van der Waals surface area (Å²) < 4.78 is 21.3. The van der Waals surface area contributed by atoms with E-state index in [0.29, 0.717) is 41.5 Å². The van der Waals surface area contributed by atoms with Crippen molar-refractivity contribution < 1.29 is 18.7 Å². The van der Waals surface area contributed by atoms with Crippen molar-refractivity contribution >= 4 is 28.3 Å². The predicted molar refractivity (Wildman–Crippen MR) is 150 cm³/mol. The highest BCUT2D eigenvalue weighted by molar-refractivity contribution is 7.15. The Labute approximate surface area is 239 Å². The number of ether oxygens (including phenoxy) is 1. The Hall–Kier alpha value is -4.69. The molecule has 1 N–H and O–H groups in total. The Bertz CT molecular complexity index is 1720. The van der Waals surface area contributed by atoms with Gasteiger partial charge in [0.2, 0.25) is 21.9 Å². The van der Waals surface area contributed by atoms with Crippen LogP contribution in [0.2, 0.25) is 0 Å². The number of pyridine rings is 1. The van der Waals surface area contributed by atoms with Gasteiger partial charge in [-0.15, -0.1) is 10.2 Å². The molecule has 2 aliphatic rings. The number of carbonyl (C=O) groups is 2. The number of rotatable bonds is 5. The second-order valence-electron chi connectivity index (χ2n) is 10.6. The lowest BCUT2D eigenvalue weighted by molar-refractivity contribution is -0.124. The summed E-state index contributed by atoms with van der Waals surface area (Å²) in [4.78, 5) is 32.7. The fraction of sp³-hybridized carbons (Fsp3) is 0.267. The molecular formula is C30H25FN6O3S. The molecule has 4 heterocycles. The molecule has 206 valence electrons. The van der Waals surface area contributed by atoms with Gasteiger partial charge in [-0.3, -0.25) is 9.59 Å². The van der Waals surface area contributed by atoms with E-state index in [1.807, 2.05) is 50.2 Å². The highest BCUT2D eigenvalue weighted by Gasteiger charge is 2.44. The third-order valence-electron chi connectivity index (χ3n) is 7.57. The molecule has 0 unspecified atom stereocenters. The number of likely N-dealkylation sites (tertiary alicyclic amines) is 1. The van der Waals surface area contributed by atoms with Crippen molar-refractivity contribution in [3.63, 3.8) is 0 Å². The van der Waals surface area contributed by atoms with Crippen molar-refractivity contribution in [1.82, 2.24) is 20.1 Å². The molecule has 9 nitrogen and oxygen atoms in total. The summed E-state index contributed by atoms with van der Waals surface area (Å²) in [6, 6.07) is 17.5. The van der Waals surface area contributed by atoms with Crippen LogP contribution in [0.25, 0.3) is 11.3 Å². The van der Waals surface area contributed by atoms with E-state index in [1.54, 1.807) is 17.0 Å². The molecule has 1 fully saturated rings. The molecule has 1 saturated heterocycles. The standard InChI is InChI=1S/C30H25FN6O3S/c1-30(2,28(39)34-29-36-35-24(16-32)41-29)25-19-7-3-4-8-23(19)40-26-20(25)11-12-22(33-26)17-9-10-18(21(31)15-17)27(38)37-13-5-6-14-37/h3-4,7-12,15,25H,5-6,13-14H2,1-2H3,(H,34,36,39)/t25-/m0/s1. The maximum Gasteiger partial charge on any atom is 0.256 e. The van der Waals surface area contributed by atoms with Crippen molar-refractivity contribution in [1.29, 1.82) is 5.26 Å². The minimum absolute atomic E-state index is 0.0453. The van der Waals surface area contributed by atoms with Crippen molar-refractivity contribution in [2.24, 2.45) is 5.41 Å². The molecule has 6 rings (SSSR count). The maximum absolute atomic E-state index is 15.1. The molecule has 2 aromatic heterocycles. The molecule has 0 bridgehead atoms. The number of halogens is 1. The van der Waals surface area contributed by atoms with Gasteiger partial charge in [0.05, 0.1) is 16.7 Å². The molecule has 2 amide bonds. The summed E-state index contributed by atoms with van der Waals surface area (Å²) in [5.74, 6) is -0.772. The number of hydrogen-bond donors (Lipinski definition) is 1. The number of benzene rings is 2. The summed E-state index contributed by atoms with van der Waals surface area (Å²) in [5.41, 5.74) is 1.54. The number of anilines is 1. The molecule has 0 saturated carbocycles. The average Bonchev–Trinajstić information content (AvgIpc) is 3.68. The molecule has 0 radical (unpaired) electrons. The van der Waals surface area contributed by atoms with E-state index in [1.165, 1.54) is 12.1 Å². The molecule has 11 heteroatoms. The topological polar surface area (TPSA) is 121 Å². The van der Waals surface area contributed by atoms with Gasteiger partial charge in [-0.25, -0.2) is 9.37 Å². The molecule has 2 aliphatic heterocycles. The molecule has 1 atom stereocenters. The molecule has 41 heavy (non-hydrogen) atoms. The largest absolute Gasteiger partial charge is 0.438 e. The van der Waals surface area contributed by atoms with E-state index >= 15 is 4.39 Å². The lowest BCUT2D eigenvalue weighted by atomic mass is 9.69. The summed E-state index contributed by atoms with van der Waals surface area (Å²) >= 11 is 0.999. The molecule has 4 aromatic rings. The first-order valence-corrected chi connectivity index (χ1v) is 14.0. The fourth-order valence-corrected chi connectivity index (χ4v) is 5.96. The first-order valence-electron chi connectivity index (χ1n) is 13.2. The normalized spacial score (nSPS) is 15.9. The molecule has 0 spiro atoms. The number of fused-ring (bicyclic) bond motifs is 2. The Kier molecular flexibility index (Phi) is 6.71. The van der Waals surface area contributed by atoms with Gasteiger partial charge in [0.25, 0.3) is 5.91 Å². The van der Waals surface area contributed by atoms with Crippen LogP contribution in [0.4, 0.5) is 9.52 Å². The molecule has 0 aliphatic carbocycles. The fourth-order valence-electron chi connectivity index (χ4n) is 5.42. The maximum atomic E-state index is 15.1. The van der Waals surface area contributed by atoms with Crippen LogP contribution in [0.3, 0.4) is 0 Å². The number of amides is 2. The first-order chi connectivity index (χ1) is 19.8. The van der Waals surface area contributed by atoms with Gasteiger partial charge in [-0.05, 0) is 37.1 Å². The first kappa shape index (κ1) is 26.5. The number of aromatic nitrogens is 3. The zero-order valence-electron chi connectivity index (χ0n) is 22.3. The number of para-hydroxylation sites is 1. The van der Waals surface area contributed by atoms with Crippen molar-refractivity contribution in [2.45, 2.75) is 32.6 Å². The SMILES string of the molecule is CC(C)(C(=O)Nc1nnc(C#N)s1)[C@H]1c2ccccc2Oc2nc(-c3ccc(C(=O)N4CCCC4)c(F)c3)ccc21. The molecule has 2 aromatic carbocycles. The van der Waals surface area contributed by atoms with Crippen LogP contribution in [0.5, 0.6) is 11.6 Å². The van der Waals surface area contributed by atoms with E-state index in [9.17, 15) is 9.59 Å². The van der Waals surface area contributed by atoms with Crippen LogP contribution in [0.1, 0.15) is 59.1 Å². The van der Waals surface area contributed by atoms with Crippen molar-refractivity contribution in [2.75, 3.05) is 18.4 Å². The summed E-state index contributed by atoms with van der Waals surface area (Å²) in [5, 5.41) is 19.9. The monoisotopic (exact) mass is 568 g/mol. The number of nitrogens with zero attached hydrogens (tertiary/aromatic N) is 5. The Morgan fingerprint density at radius 2 is 1.88 bits per heavy atom. The smallest absolute Gasteiger partial charge is 0.256 e. The summed E-state index contributed by atoms with van der Waals surface area (Å²) in [7, 11) is 0. The third kappa shape index (κ3) is 4.80. The zero-order valence-corrected chi connectivity index (χ0v) is 23.2. The van der Waals surface area contributed by atoms with Gasteiger partial charge in [0, 0.05) is 35.7 Å². The second-order valence-corrected chi connectivity index (χ2v) is 11.5. The number of hydrogen-bond acceptors (Lipinski definition) is 8. The van der Waals surface area contributed by atoms with Crippen LogP contribution in [-0.4, -0.2) is 45.0 Å². The second kappa shape index (κ2) is 10.4. The Morgan fingerprint density at radius 1 is 1.10 bits per heavy atom. The molecular weight excluding hydrogens is 543 g/mol. The number of nitriles is 1. The van der Waals surface area contributed by atoms with Gasteiger partial charge < -0.3 is 15.0 Å². The lowest BCUT2D eigenvalue weighted by Gasteiger charge is -2.37. The van der Waals surface area contributed by atoms with Crippen LogP contribution >= 0.6 is 11.3 Å². The minimum Gasteiger partial charge on any atom is -0.438 e. The predicted octanol–water partition coefficient (Wildman–Crippen LogP) is 5.75. The summed E-state index contributed by atoms with van der Waals surface area (Å²) in [6.07, 6.45) is 1.86. The van der Waals surface area contributed by atoms with Gasteiger partial charge in [-0.2, -0.15) is 5.26 Å². The highest BCUT2D eigenvalue weighted by atomic mass is 32.1. The van der Waals surface area contributed by atoms with E-state index in [4.69, 9.17) is 15.0 Å². The Balaban J connectivity index is 1.34. The van der Waals surface area contributed by atoms with Gasteiger partial charge in [0.15, 0.2) is 0 Å². The van der Waals surface area contributed by atoms with E-state index in [0.717, 1.165) is 29.7 Å². The van der Waals surface area contributed by atoms with Crippen LogP contribution < -0.4 is 10.1 Å². The third-order valence-corrected chi connectivity index (χ3v) is 8.32. The van der Waals surface area contributed by atoms with Gasteiger partial charge in [0.1, 0.15) is 17.6 Å². The van der Waals surface area contributed by atoms with Crippen molar-refractivity contribution in [3.8, 4) is 29.0 Å². The van der Waals surface area contributed by atoms with Gasteiger partial charge >= 0.3 is 0 Å². The van der Waals surface area contributed by atoms with Crippen LogP contribution in [0, 0.1) is 22.6 Å². The zero-order chi connectivity index (χ0) is 28.7. The number of carbonyl (C=O) groups excluding carboxylic acids is 2. The average molecular weight is 569 g/mol. The minimum atomic E-state index is -1.00. The highest BCUT2D eigenvalue weighted by Crippen LogP contribution is 2.52. The lowest BCUT2D eigenvalue weighted by Crippen LogP contribution is -2.38. The van der Waals surface area contributed by atoms with E-state index in [-0.39, 0.29) is 27.5 Å².